The van der Waals surface area contributed by atoms with Gasteiger partial charge in [0.1, 0.15) is 0 Å². The lowest BCUT2D eigenvalue weighted by Gasteiger charge is -2.18. The third-order valence-electron chi connectivity index (χ3n) is 3.22. The van der Waals surface area contributed by atoms with Gasteiger partial charge in [0, 0.05) is 27.9 Å². The van der Waals surface area contributed by atoms with Gasteiger partial charge in [-0.05, 0) is 43.2 Å². The lowest BCUT2D eigenvalue weighted by atomic mass is 10.1. The van der Waals surface area contributed by atoms with Crippen molar-refractivity contribution < 1.29 is 4.92 Å². The van der Waals surface area contributed by atoms with Crippen LogP contribution < -0.4 is 5.32 Å². The summed E-state index contributed by atoms with van der Waals surface area (Å²) in [5.41, 5.74) is 2.63. The Kier molecular flexibility index (Phi) is 4.70. The summed E-state index contributed by atoms with van der Waals surface area (Å²) in [6.45, 7) is 3.79. The third-order valence-corrected chi connectivity index (χ3v) is 3.78. The molecule has 1 unspecified atom stereocenters. The summed E-state index contributed by atoms with van der Waals surface area (Å²) < 4.78 is 0. The Morgan fingerprint density at radius 3 is 2.48 bits per heavy atom. The molecule has 1 N–H and O–H groups in total. The van der Waals surface area contributed by atoms with Gasteiger partial charge in [0.2, 0.25) is 0 Å². The van der Waals surface area contributed by atoms with E-state index < -0.39 is 4.92 Å². The summed E-state index contributed by atoms with van der Waals surface area (Å²) in [5, 5.41) is 15.2. The summed E-state index contributed by atoms with van der Waals surface area (Å²) in [6, 6.07) is 10.0. The van der Waals surface area contributed by atoms with E-state index in [-0.39, 0.29) is 11.7 Å². The molecule has 0 aliphatic carbocycles. The number of nitro benzene ring substituents is 1. The van der Waals surface area contributed by atoms with Gasteiger partial charge in [-0.2, -0.15) is 0 Å². The van der Waals surface area contributed by atoms with Gasteiger partial charge >= 0.3 is 0 Å². The Hall–Kier alpha value is -1.78. The number of nitro groups is 1. The number of nitrogens with zero attached hydrogens (tertiary/aromatic N) is 1. The highest BCUT2D eigenvalue weighted by Gasteiger charge is 2.13. The number of aryl methyl sites for hydroxylation is 1. The van der Waals surface area contributed by atoms with Gasteiger partial charge in [0.15, 0.2) is 0 Å². The van der Waals surface area contributed by atoms with E-state index in [2.05, 4.69) is 5.32 Å². The maximum atomic E-state index is 10.7. The zero-order valence-corrected chi connectivity index (χ0v) is 13.1. The topological polar surface area (TPSA) is 55.2 Å². The van der Waals surface area contributed by atoms with Crippen LogP contribution in [0.4, 0.5) is 11.4 Å². The lowest BCUT2D eigenvalue weighted by molar-refractivity contribution is -0.384. The SMILES string of the molecule is Cc1cc([N+](=O)[O-])ccc1NC(C)c1ccc(Cl)cc1Cl. The van der Waals surface area contributed by atoms with Crippen LogP contribution >= 0.6 is 23.2 Å². The van der Waals surface area contributed by atoms with E-state index in [1.165, 1.54) is 6.07 Å². The molecule has 0 radical (unpaired) electrons. The number of halogens is 2. The first-order valence-electron chi connectivity index (χ1n) is 6.35. The predicted molar refractivity (Wildman–Crippen MR) is 86.3 cm³/mol. The molecular formula is C15H14Cl2N2O2. The van der Waals surface area contributed by atoms with Crippen LogP contribution in [0, 0.1) is 17.0 Å². The summed E-state index contributed by atoms with van der Waals surface area (Å²) in [6.07, 6.45) is 0. The second-order valence-corrected chi connectivity index (χ2v) is 5.63. The van der Waals surface area contributed by atoms with Crippen LogP contribution in [0.3, 0.4) is 0 Å². The molecule has 0 bridgehead atoms. The molecule has 0 saturated carbocycles. The Balaban J connectivity index is 2.23. The van der Waals surface area contributed by atoms with Crippen LogP contribution in [0.2, 0.25) is 10.0 Å². The van der Waals surface area contributed by atoms with Crippen LogP contribution in [0.5, 0.6) is 0 Å². The third kappa shape index (κ3) is 3.65. The van der Waals surface area contributed by atoms with E-state index >= 15 is 0 Å². The second kappa shape index (κ2) is 6.33. The molecule has 2 aromatic carbocycles. The summed E-state index contributed by atoms with van der Waals surface area (Å²) >= 11 is 12.1. The van der Waals surface area contributed by atoms with Crippen LogP contribution in [-0.4, -0.2) is 4.92 Å². The smallest absolute Gasteiger partial charge is 0.269 e. The van der Waals surface area contributed by atoms with Gasteiger partial charge < -0.3 is 5.32 Å². The zero-order chi connectivity index (χ0) is 15.6. The Morgan fingerprint density at radius 1 is 1.19 bits per heavy atom. The Morgan fingerprint density at radius 2 is 1.90 bits per heavy atom. The van der Waals surface area contributed by atoms with Gasteiger partial charge in [-0.3, -0.25) is 10.1 Å². The number of nitrogens with one attached hydrogen (secondary N) is 1. The number of hydrogen-bond donors (Lipinski definition) is 1. The number of non-ortho nitro benzene ring substituents is 1. The van der Waals surface area contributed by atoms with Crippen molar-refractivity contribution in [3.05, 3.63) is 67.7 Å². The molecule has 0 spiro atoms. The van der Waals surface area contributed by atoms with Crippen molar-refractivity contribution in [2.75, 3.05) is 5.32 Å². The summed E-state index contributed by atoms with van der Waals surface area (Å²) in [5.74, 6) is 0. The van der Waals surface area contributed by atoms with Crippen LogP contribution in [-0.2, 0) is 0 Å². The van der Waals surface area contributed by atoms with E-state index in [4.69, 9.17) is 23.2 Å². The normalized spacial score (nSPS) is 12.0. The van der Waals surface area contributed by atoms with E-state index in [0.29, 0.717) is 10.0 Å². The predicted octanol–water partition coefficient (Wildman–Crippen LogP) is 5.38. The van der Waals surface area contributed by atoms with E-state index in [1.54, 1.807) is 24.3 Å². The molecule has 6 heteroatoms. The minimum absolute atomic E-state index is 0.0464. The van der Waals surface area contributed by atoms with Crippen molar-refractivity contribution >= 4 is 34.6 Å². The first-order valence-corrected chi connectivity index (χ1v) is 7.10. The molecule has 0 aliphatic heterocycles. The Bertz CT molecular complexity index is 689. The second-order valence-electron chi connectivity index (χ2n) is 4.79. The highest BCUT2D eigenvalue weighted by molar-refractivity contribution is 6.35. The van der Waals surface area contributed by atoms with Gasteiger partial charge in [0.05, 0.1) is 11.0 Å². The molecule has 110 valence electrons. The van der Waals surface area contributed by atoms with Crippen molar-refractivity contribution in [3.63, 3.8) is 0 Å². The van der Waals surface area contributed by atoms with Crippen molar-refractivity contribution in [2.24, 2.45) is 0 Å². The van der Waals surface area contributed by atoms with E-state index in [1.807, 2.05) is 19.9 Å². The quantitative estimate of drug-likeness (QED) is 0.606. The molecule has 1 atom stereocenters. The average molecular weight is 325 g/mol. The summed E-state index contributed by atoms with van der Waals surface area (Å²) in [7, 11) is 0. The first-order chi connectivity index (χ1) is 9.88. The molecule has 0 fully saturated rings. The van der Waals surface area contributed by atoms with Gasteiger partial charge in [-0.25, -0.2) is 0 Å². The number of benzene rings is 2. The van der Waals surface area contributed by atoms with Crippen LogP contribution in [0.15, 0.2) is 36.4 Å². The minimum Gasteiger partial charge on any atom is -0.378 e. The maximum absolute atomic E-state index is 10.7. The molecule has 0 heterocycles. The molecule has 0 aliphatic rings. The van der Waals surface area contributed by atoms with Gasteiger partial charge in [-0.15, -0.1) is 0 Å². The van der Waals surface area contributed by atoms with Gasteiger partial charge in [0.25, 0.3) is 5.69 Å². The van der Waals surface area contributed by atoms with Crippen molar-refractivity contribution in [1.82, 2.24) is 0 Å². The van der Waals surface area contributed by atoms with E-state index in [0.717, 1.165) is 16.8 Å². The fourth-order valence-electron chi connectivity index (χ4n) is 2.09. The largest absolute Gasteiger partial charge is 0.378 e. The molecule has 2 rings (SSSR count). The standard InChI is InChI=1S/C15H14Cl2N2O2/c1-9-7-12(19(20)21)4-6-15(9)18-10(2)13-5-3-11(16)8-14(13)17/h3-8,10,18H,1-2H3. The van der Waals surface area contributed by atoms with Crippen LogP contribution in [0.1, 0.15) is 24.1 Å². The van der Waals surface area contributed by atoms with Crippen molar-refractivity contribution in [1.29, 1.82) is 0 Å². The first kappa shape index (κ1) is 15.6. The fourth-order valence-corrected chi connectivity index (χ4v) is 2.66. The monoisotopic (exact) mass is 324 g/mol. The van der Waals surface area contributed by atoms with E-state index in [9.17, 15) is 10.1 Å². The maximum Gasteiger partial charge on any atom is 0.269 e. The zero-order valence-electron chi connectivity index (χ0n) is 11.6. The molecule has 0 saturated heterocycles. The molecule has 2 aromatic rings. The molecule has 21 heavy (non-hydrogen) atoms. The lowest BCUT2D eigenvalue weighted by Crippen LogP contribution is -2.08. The van der Waals surface area contributed by atoms with Gasteiger partial charge in [-0.1, -0.05) is 29.3 Å². The van der Waals surface area contributed by atoms with Crippen molar-refractivity contribution in [3.8, 4) is 0 Å². The molecule has 0 aromatic heterocycles. The minimum atomic E-state index is -0.406. The molecule has 0 amide bonds. The highest BCUT2D eigenvalue weighted by Crippen LogP contribution is 2.30. The average Bonchev–Trinajstić information content (AvgIpc) is 2.40. The fraction of sp³-hybridized carbons (Fsp3) is 0.200. The molecular weight excluding hydrogens is 311 g/mol. The summed E-state index contributed by atoms with van der Waals surface area (Å²) in [4.78, 5) is 10.3. The number of rotatable bonds is 4. The number of anilines is 1. The highest BCUT2D eigenvalue weighted by atomic mass is 35.5. The molecule has 4 nitrogen and oxygen atoms in total. The number of hydrogen-bond acceptors (Lipinski definition) is 3. The van der Waals surface area contributed by atoms with Crippen molar-refractivity contribution in [2.45, 2.75) is 19.9 Å². The Labute approximate surface area is 132 Å². The van der Waals surface area contributed by atoms with Crippen LogP contribution in [0.25, 0.3) is 0 Å².